The number of benzene rings is 2. The second kappa shape index (κ2) is 6.87. The van der Waals surface area contributed by atoms with E-state index in [4.69, 9.17) is 4.74 Å². The van der Waals surface area contributed by atoms with Crippen LogP contribution in [0.2, 0.25) is 0 Å². The van der Waals surface area contributed by atoms with Crippen molar-refractivity contribution in [3.05, 3.63) is 47.5 Å². The van der Waals surface area contributed by atoms with Crippen molar-refractivity contribution in [2.75, 3.05) is 5.32 Å². The van der Waals surface area contributed by atoms with E-state index in [0.717, 1.165) is 30.0 Å². The molecular formula is C20H25NO. The Hall–Kier alpha value is -1.96. The Morgan fingerprint density at radius 2 is 1.64 bits per heavy atom. The highest BCUT2D eigenvalue weighted by molar-refractivity contribution is 5.78. The Labute approximate surface area is 133 Å². The lowest BCUT2D eigenvalue weighted by atomic mass is 9.95. The molecule has 0 radical (unpaired) electrons. The number of hydrogen-bond acceptors (Lipinski definition) is 2. The first-order valence-corrected chi connectivity index (χ1v) is 8.52. The molecular weight excluding hydrogens is 270 g/mol. The van der Waals surface area contributed by atoms with E-state index in [1.54, 1.807) is 0 Å². The zero-order valence-electron chi connectivity index (χ0n) is 13.6. The maximum Gasteiger partial charge on any atom is 0.151 e. The fraction of sp³-hybridized carbons (Fsp3) is 0.400. The van der Waals surface area contributed by atoms with Crippen molar-refractivity contribution in [2.24, 2.45) is 0 Å². The van der Waals surface area contributed by atoms with E-state index in [0.29, 0.717) is 0 Å². The summed E-state index contributed by atoms with van der Waals surface area (Å²) in [5, 5.41) is 3.61. The molecule has 0 aromatic heterocycles. The van der Waals surface area contributed by atoms with Gasteiger partial charge in [0.1, 0.15) is 0 Å². The van der Waals surface area contributed by atoms with Gasteiger partial charge >= 0.3 is 0 Å². The zero-order chi connectivity index (χ0) is 15.4. The van der Waals surface area contributed by atoms with Gasteiger partial charge < -0.3 is 10.1 Å². The maximum absolute atomic E-state index is 6.10. The first-order chi connectivity index (χ1) is 10.8. The first kappa shape index (κ1) is 15.0. The third kappa shape index (κ3) is 2.96. The van der Waals surface area contributed by atoms with E-state index in [1.807, 2.05) is 18.2 Å². The number of fused-ring (bicyclic) bond motifs is 2. The first-order valence-electron chi connectivity index (χ1n) is 8.52. The van der Waals surface area contributed by atoms with Crippen molar-refractivity contribution in [1.29, 1.82) is 0 Å². The Morgan fingerprint density at radius 1 is 0.864 bits per heavy atom. The normalized spacial score (nSPS) is 12.1. The lowest BCUT2D eigenvalue weighted by Gasteiger charge is -2.25. The summed E-state index contributed by atoms with van der Waals surface area (Å²) >= 11 is 0. The molecule has 0 unspecified atom stereocenters. The average molecular weight is 295 g/mol. The van der Waals surface area contributed by atoms with Gasteiger partial charge in [0, 0.05) is 0 Å². The summed E-state index contributed by atoms with van der Waals surface area (Å²) in [7, 11) is 0. The van der Waals surface area contributed by atoms with Crippen molar-refractivity contribution >= 4 is 11.4 Å². The van der Waals surface area contributed by atoms with Gasteiger partial charge in [-0.25, -0.2) is 0 Å². The Kier molecular flexibility index (Phi) is 4.67. The molecule has 1 N–H and O–H groups in total. The average Bonchev–Trinajstić information content (AvgIpc) is 2.56. The Bertz CT molecular complexity index is 648. The van der Waals surface area contributed by atoms with Crippen molar-refractivity contribution in [1.82, 2.24) is 0 Å². The van der Waals surface area contributed by atoms with Crippen LogP contribution in [0.5, 0.6) is 11.5 Å². The number of para-hydroxylation sites is 2. The minimum atomic E-state index is 0.915. The number of anilines is 2. The molecule has 2 aromatic rings. The van der Waals surface area contributed by atoms with Gasteiger partial charge in [0.15, 0.2) is 11.5 Å². The molecule has 116 valence electrons. The predicted octanol–water partition coefficient (Wildman–Crippen LogP) is 6.22. The molecule has 2 heteroatoms. The van der Waals surface area contributed by atoms with E-state index < -0.39 is 0 Å². The van der Waals surface area contributed by atoms with Crippen molar-refractivity contribution in [3.8, 4) is 11.5 Å². The highest BCUT2D eigenvalue weighted by atomic mass is 16.5. The van der Waals surface area contributed by atoms with Crippen LogP contribution in [0.3, 0.4) is 0 Å². The van der Waals surface area contributed by atoms with Crippen LogP contribution in [-0.2, 0) is 12.8 Å². The molecule has 0 atom stereocenters. The molecule has 2 nitrogen and oxygen atoms in total. The predicted molar refractivity (Wildman–Crippen MR) is 93.5 cm³/mol. The van der Waals surface area contributed by atoms with Gasteiger partial charge in [-0.2, -0.15) is 0 Å². The van der Waals surface area contributed by atoms with Crippen molar-refractivity contribution in [3.63, 3.8) is 0 Å². The molecule has 0 amide bonds. The van der Waals surface area contributed by atoms with Crippen LogP contribution in [0, 0.1) is 0 Å². The lowest BCUT2D eigenvalue weighted by Crippen LogP contribution is -2.08. The molecule has 3 rings (SSSR count). The second-order valence-electron chi connectivity index (χ2n) is 6.01. The van der Waals surface area contributed by atoms with Gasteiger partial charge in [-0.15, -0.1) is 0 Å². The minimum Gasteiger partial charge on any atom is -0.453 e. The summed E-state index contributed by atoms with van der Waals surface area (Å²) < 4.78 is 6.10. The summed E-state index contributed by atoms with van der Waals surface area (Å²) in [5.41, 5.74) is 5.17. The summed E-state index contributed by atoms with van der Waals surface area (Å²) in [4.78, 5) is 0. The summed E-state index contributed by atoms with van der Waals surface area (Å²) in [6, 6.07) is 12.5. The molecule has 22 heavy (non-hydrogen) atoms. The molecule has 0 saturated carbocycles. The minimum absolute atomic E-state index is 0.915. The van der Waals surface area contributed by atoms with Gasteiger partial charge in [0.25, 0.3) is 0 Å². The van der Waals surface area contributed by atoms with Gasteiger partial charge in [-0.05, 0) is 55.0 Å². The van der Waals surface area contributed by atoms with Crippen LogP contribution >= 0.6 is 0 Å². The number of nitrogens with one attached hydrogen (secondary N) is 1. The fourth-order valence-electron chi connectivity index (χ4n) is 3.04. The highest BCUT2D eigenvalue weighted by Crippen LogP contribution is 2.44. The number of unbranched alkanes of at least 4 members (excludes halogenated alkanes) is 2. The summed E-state index contributed by atoms with van der Waals surface area (Å²) in [6.45, 7) is 4.50. The van der Waals surface area contributed by atoms with E-state index >= 15 is 0 Å². The fourth-order valence-corrected chi connectivity index (χ4v) is 3.04. The molecule has 1 aliphatic heterocycles. The smallest absolute Gasteiger partial charge is 0.151 e. The summed E-state index contributed by atoms with van der Waals surface area (Å²) in [6.07, 6.45) is 7.20. The van der Waals surface area contributed by atoms with Crippen LogP contribution in [-0.4, -0.2) is 0 Å². The molecule has 2 aromatic carbocycles. The topological polar surface area (TPSA) is 21.3 Å². The number of hydrogen-bond donors (Lipinski definition) is 1. The molecule has 0 bridgehead atoms. The van der Waals surface area contributed by atoms with Gasteiger partial charge in [0.2, 0.25) is 0 Å². The largest absolute Gasteiger partial charge is 0.453 e. The van der Waals surface area contributed by atoms with Crippen LogP contribution in [0.25, 0.3) is 0 Å². The third-order valence-electron chi connectivity index (χ3n) is 4.32. The monoisotopic (exact) mass is 295 g/mol. The Morgan fingerprint density at radius 3 is 2.45 bits per heavy atom. The van der Waals surface area contributed by atoms with Crippen LogP contribution in [0.1, 0.15) is 50.7 Å². The molecule has 0 spiro atoms. The zero-order valence-corrected chi connectivity index (χ0v) is 13.6. The maximum atomic E-state index is 6.10. The van der Waals surface area contributed by atoms with E-state index in [-0.39, 0.29) is 0 Å². The quantitative estimate of drug-likeness (QED) is 0.582. The van der Waals surface area contributed by atoms with Crippen LogP contribution in [0.15, 0.2) is 36.4 Å². The van der Waals surface area contributed by atoms with Crippen molar-refractivity contribution in [2.45, 2.75) is 52.4 Å². The molecule has 0 fully saturated rings. The van der Waals surface area contributed by atoms with E-state index in [1.165, 1.54) is 42.5 Å². The number of ether oxygens (including phenoxy) is 1. The van der Waals surface area contributed by atoms with Gasteiger partial charge in [-0.1, -0.05) is 44.9 Å². The van der Waals surface area contributed by atoms with E-state index in [2.05, 4.69) is 37.4 Å². The van der Waals surface area contributed by atoms with E-state index in [9.17, 15) is 0 Å². The molecule has 0 aliphatic carbocycles. The number of rotatable bonds is 6. The Balaban J connectivity index is 1.98. The second-order valence-corrected chi connectivity index (χ2v) is 6.01. The van der Waals surface area contributed by atoms with Gasteiger partial charge in [0.05, 0.1) is 11.4 Å². The van der Waals surface area contributed by atoms with Crippen LogP contribution in [0.4, 0.5) is 11.4 Å². The third-order valence-corrected chi connectivity index (χ3v) is 4.32. The SMILES string of the molecule is CCCCc1ccc2c(c1CCCC)Nc1ccccc1O2. The molecule has 1 aliphatic rings. The number of aryl methyl sites for hydroxylation is 1. The summed E-state index contributed by atoms with van der Waals surface area (Å²) in [5.74, 6) is 1.88. The molecule has 1 heterocycles. The van der Waals surface area contributed by atoms with Crippen LogP contribution < -0.4 is 10.1 Å². The highest BCUT2D eigenvalue weighted by Gasteiger charge is 2.20. The van der Waals surface area contributed by atoms with Gasteiger partial charge in [-0.3, -0.25) is 0 Å². The molecule has 0 saturated heterocycles. The lowest BCUT2D eigenvalue weighted by molar-refractivity contribution is 0.480. The standard InChI is InChI=1S/C20H25NO/c1-3-5-9-15-13-14-19-20(16(15)10-6-4-2)21-17-11-7-8-12-18(17)22-19/h7-8,11-14,21H,3-6,9-10H2,1-2H3. The van der Waals surface area contributed by atoms with Crippen molar-refractivity contribution < 1.29 is 4.74 Å².